The van der Waals surface area contributed by atoms with Crippen molar-refractivity contribution in [2.45, 2.75) is 0 Å². The molecule has 52 valence electrons. The van der Waals surface area contributed by atoms with Crippen LogP contribution in [-0.4, -0.2) is 60.8 Å². The van der Waals surface area contributed by atoms with Crippen molar-refractivity contribution in [2.24, 2.45) is 0 Å². The van der Waals surface area contributed by atoms with E-state index in [0.29, 0.717) is 5.75 Å². The molecular weight excluding hydrogens is 253 g/mol. The number of carbonyl (C=O) groups excluding carboxylic acids is 1. The Balaban J connectivity index is -0.0000000600. The standard InChI is InChI=1S/C6H6O.CH2O.Ba.2H/c7-6-4-2-1-3-5-6;1-2;;;/h1-5,7H;1H2;;;/q;;+2;2*-1. The molecule has 0 atom stereocenters. The fourth-order valence-corrected chi connectivity index (χ4v) is 0.428. The number of benzene rings is 1. The Morgan fingerprint density at radius 2 is 1.60 bits per heavy atom. The second-order valence-corrected chi connectivity index (χ2v) is 1.34. The molecule has 0 amide bonds. The number of phenols is 1. The molecule has 1 aromatic carbocycles. The van der Waals surface area contributed by atoms with Crippen molar-refractivity contribution < 1.29 is 12.8 Å². The molecule has 0 saturated carbocycles. The van der Waals surface area contributed by atoms with Crippen molar-refractivity contribution >= 4 is 55.7 Å². The first-order valence-electron chi connectivity index (χ1n) is 2.42. The maximum atomic E-state index is 8.63. The van der Waals surface area contributed by atoms with E-state index in [1.807, 2.05) is 12.9 Å². The van der Waals surface area contributed by atoms with E-state index in [2.05, 4.69) is 0 Å². The van der Waals surface area contributed by atoms with Crippen molar-refractivity contribution in [2.75, 3.05) is 0 Å². The van der Waals surface area contributed by atoms with E-state index in [1.165, 1.54) is 0 Å². The summed E-state index contributed by atoms with van der Waals surface area (Å²) in [5.41, 5.74) is 0. The average molecular weight is 263 g/mol. The number of carbonyl (C=O) groups is 1. The Morgan fingerprint density at radius 1 is 1.20 bits per heavy atom. The van der Waals surface area contributed by atoms with Gasteiger partial charge in [-0.1, -0.05) is 18.2 Å². The van der Waals surface area contributed by atoms with E-state index in [4.69, 9.17) is 9.90 Å². The minimum Gasteiger partial charge on any atom is -1.00 e. The smallest absolute Gasteiger partial charge is 1.00 e. The molecule has 0 heterocycles. The van der Waals surface area contributed by atoms with Gasteiger partial charge in [0.05, 0.1) is 0 Å². The minimum atomic E-state index is 0. The van der Waals surface area contributed by atoms with Crippen molar-refractivity contribution in [3.8, 4) is 5.75 Å². The Kier molecular flexibility index (Phi) is 11.9. The zero-order valence-electron chi connectivity index (χ0n) is 7.66. The van der Waals surface area contributed by atoms with Gasteiger partial charge in [0.1, 0.15) is 12.5 Å². The molecule has 0 aliphatic rings. The van der Waals surface area contributed by atoms with Crippen molar-refractivity contribution in [1.29, 1.82) is 0 Å². The largest absolute Gasteiger partial charge is 2.00 e. The first-order chi connectivity index (χ1) is 4.39. The van der Waals surface area contributed by atoms with Gasteiger partial charge in [0, 0.05) is 0 Å². The molecule has 1 aromatic rings. The predicted octanol–water partition coefficient (Wildman–Crippen LogP) is 1.05. The maximum absolute atomic E-state index is 8.63. The molecular formula is C7H10BaO2. The third-order valence-electron chi connectivity index (χ3n) is 0.756. The Bertz CT molecular complexity index is 161. The second-order valence-electron chi connectivity index (χ2n) is 1.34. The molecule has 2 nitrogen and oxygen atoms in total. The molecule has 0 spiro atoms. The monoisotopic (exact) mass is 264 g/mol. The summed E-state index contributed by atoms with van der Waals surface area (Å²) in [5, 5.41) is 8.63. The predicted molar refractivity (Wildman–Crippen MR) is 43.2 cm³/mol. The molecule has 0 fully saturated rings. The van der Waals surface area contributed by atoms with Crippen LogP contribution in [0.5, 0.6) is 5.75 Å². The number of para-hydroxylation sites is 1. The zero-order valence-corrected chi connectivity index (χ0v) is 10.1. The maximum Gasteiger partial charge on any atom is 2.00 e. The summed E-state index contributed by atoms with van der Waals surface area (Å²) in [7, 11) is 0. The van der Waals surface area contributed by atoms with Crippen molar-refractivity contribution in [3.63, 3.8) is 0 Å². The molecule has 0 saturated heterocycles. The van der Waals surface area contributed by atoms with E-state index in [9.17, 15) is 0 Å². The van der Waals surface area contributed by atoms with Crippen LogP contribution in [0.1, 0.15) is 2.85 Å². The molecule has 0 radical (unpaired) electrons. The van der Waals surface area contributed by atoms with Crippen molar-refractivity contribution in [1.82, 2.24) is 0 Å². The molecule has 0 aliphatic carbocycles. The van der Waals surface area contributed by atoms with Crippen LogP contribution in [0.15, 0.2) is 30.3 Å². The Labute approximate surface area is 103 Å². The summed E-state index contributed by atoms with van der Waals surface area (Å²) >= 11 is 0. The summed E-state index contributed by atoms with van der Waals surface area (Å²) < 4.78 is 0. The molecule has 0 unspecified atom stereocenters. The number of phenolic OH excluding ortho intramolecular Hbond substituents is 1. The van der Waals surface area contributed by atoms with Gasteiger partial charge in [0.15, 0.2) is 0 Å². The molecule has 0 aliphatic heterocycles. The van der Waals surface area contributed by atoms with Gasteiger partial charge in [-0.3, -0.25) is 0 Å². The molecule has 1 N–H and O–H groups in total. The molecule has 10 heavy (non-hydrogen) atoms. The molecule has 0 aromatic heterocycles. The van der Waals surface area contributed by atoms with E-state index in [1.54, 1.807) is 24.3 Å². The SMILES string of the molecule is C=O.Oc1ccccc1.[Ba+2].[H-].[H-]. The third kappa shape index (κ3) is 6.38. The van der Waals surface area contributed by atoms with Crippen LogP contribution in [0.3, 0.4) is 0 Å². The number of hydrogen-bond donors (Lipinski definition) is 1. The van der Waals surface area contributed by atoms with Crippen LogP contribution >= 0.6 is 0 Å². The van der Waals surface area contributed by atoms with Gasteiger partial charge in [-0.05, 0) is 12.1 Å². The van der Waals surface area contributed by atoms with E-state index >= 15 is 0 Å². The second kappa shape index (κ2) is 9.26. The normalized spacial score (nSPS) is 6.40. The Morgan fingerprint density at radius 3 is 1.80 bits per heavy atom. The number of aromatic hydroxyl groups is 1. The van der Waals surface area contributed by atoms with Crippen LogP contribution in [0, 0.1) is 0 Å². The van der Waals surface area contributed by atoms with Crippen molar-refractivity contribution in [3.05, 3.63) is 30.3 Å². The quantitative estimate of drug-likeness (QED) is 0.711. The van der Waals surface area contributed by atoms with Gasteiger partial charge in [-0.2, -0.15) is 0 Å². The van der Waals surface area contributed by atoms with Crippen LogP contribution in [0.2, 0.25) is 0 Å². The van der Waals surface area contributed by atoms with Crippen LogP contribution in [0.4, 0.5) is 0 Å². The van der Waals surface area contributed by atoms with Crippen LogP contribution in [0.25, 0.3) is 0 Å². The molecule has 3 heteroatoms. The fraction of sp³-hybridized carbons (Fsp3) is 0. The average Bonchev–Trinajstić information content (AvgIpc) is 1.94. The molecule has 1 rings (SSSR count). The number of hydrogen-bond acceptors (Lipinski definition) is 2. The fourth-order valence-electron chi connectivity index (χ4n) is 0.428. The van der Waals surface area contributed by atoms with Gasteiger partial charge in [0.25, 0.3) is 0 Å². The summed E-state index contributed by atoms with van der Waals surface area (Å²) in [6, 6.07) is 8.71. The zero-order chi connectivity index (χ0) is 7.11. The van der Waals surface area contributed by atoms with Gasteiger partial charge < -0.3 is 12.8 Å². The summed E-state index contributed by atoms with van der Waals surface area (Å²) in [6.07, 6.45) is 0. The number of rotatable bonds is 0. The minimum absolute atomic E-state index is 0. The summed E-state index contributed by atoms with van der Waals surface area (Å²) in [4.78, 5) is 8.00. The van der Waals surface area contributed by atoms with Gasteiger partial charge in [-0.25, -0.2) is 0 Å². The van der Waals surface area contributed by atoms with E-state index < -0.39 is 0 Å². The van der Waals surface area contributed by atoms with Gasteiger partial charge in [-0.15, -0.1) is 0 Å². The Hall–Kier alpha value is 0.261. The van der Waals surface area contributed by atoms with Gasteiger partial charge >= 0.3 is 48.9 Å². The first kappa shape index (κ1) is 12.9. The first-order valence-corrected chi connectivity index (χ1v) is 2.42. The van der Waals surface area contributed by atoms with Crippen LogP contribution < -0.4 is 0 Å². The van der Waals surface area contributed by atoms with Crippen LogP contribution in [-0.2, 0) is 4.79 Å². The van der Waals surface area contributed by atoms with E-state index in [0.717, 1.165) is 0 Å². The molecule has 0 bridgehead atoms. The summed E-state index contributed by atoms with van der Waals surface area (Å²) in [5.74, 6) is 0.322. The topological polar surface area (TPSA) is 37.3 Å². The third-order valence-corrected chi connectivity index (χ3v) is 0.756. The summed E-state index contributed by atoms with van der Waals surface area (Å²) in [6.45, 7) is 2.00. The van der Waals surface area contributed by atoms with Gasteiger partial charge in [0.2, 0.25) is 0 Å². The van der Waals surface area contributed by atoms with E-state index in [-0.39, 0.29) is 51.7 Å².